The highest BCUT2D eigenvalue weighted by Crippen LogP contribution is 2.25. The molecule has 1 nitrogen and oxygen atoms in total. The zero-order chi connectivity index (χ0) is 15.1. The summed E-state index contributed by atoms with van der Waals surface area (Å²) >= 11 is 5.50. The summed E-state index contributed by atoms with van der Waals surface area (Å²) in [5, 5.41) is 5.87. The average Bonchev–Trinajstić information content (AvgIpc) is 2.88. The summed E-state index contributed by atoms with van der Waals surface area (Å²) in [6.45, 7) is 5.54. The number of aryl methyl sites for hydroxylation is 2. The zero-order valence-electron chi connectivity index (χ0n) is 12.9. The second-order valence-electron chi connectivity index (χ2n) is 5.51. The minimum absolute atomic E-state index is 0.555. The SMILES string of the molecule is CCCNC(CCc1ccccc1C)Cc1sccc1Br. The first kappa shape index (κ1) is 16.7. The topological polar surface area (TPSA) is 12.0 Å². The van der Waals surface area contributed by atoms with Gasteiger partial charge in [-0.3, -0.25) is 0 Å². The molecule has 1 aromatic heterocycles. The molecule has 1 unspecified atom stereocenters. The van der Waals surface area contributed by atoms with Crippen LogP contribution in [0, 0.1) is 6.92 Å². The van der Waals surface area contributed by atoms with E-state index in [2.05, 4.69) is 70.8 Å². The Labute approximate surface area is 140 Å². The summed E-state index contributed by atoms with van der Waals surface area (Å²) in [4.78, 5) is 1.45. The molecule has 2 aromatic rings. The number of hydrogen-bond donors (Lipinski definition) is 1. The Hall–Kier alpha value is -0.640. The molecule has 114 valence electrons. The third kappa shape index (κ3) is 5.24. The van der Waals surface area contributed by atoms with E-state index in [0.29, 0.717) is 6.04 Å². The molecule has 0 fully saturated rings. The summed E-state index contributed by atoms with van der Waals surface area (Å²) in [6.07, 6.45) is 4.64. The Kier molecular flexibility index (Phi) is 6.94. The van der Waals surface area contributed by atoms with E-state index in [0.717, 1.165) is 19.4 Å². The second-order valence-corrected chi connectivity index (χ2v) is 7.37. The molecule has 1 N–H and O–H groups in total. The van der Waals surface area contributed by atoms with Gasteiger partial charge in [0.05, 0.1) is 0 Å². The van der Waals surface area contributed by atoms with Crippen molar-refractivity contribution in [2.75, 3.05) is 6.54 Å². The van der Waals surface area contributed by atoms with Crippen LogP contribution < -0.4 is 5.32 Å². The Balaban J connectivity index is 1.96. The van der Waals surface area contributed by atoms with E-state index in [-0.39, 0.29) is 0 Å². The maximum absolute atomic E-state index is 3.71. The van der Waals surface area contributed by atoms with E-state index in [1.165, 1.54) is 33.3 Å². The van der Waals surface area contributed by atoms with Crippen LogP contribution >= 0.6 is 27.3 Å². The van der Waals surface area contributed by atoms with Crippen molar-refractivity contribution in [2.45, 2.75) is 45.6 Å². The van der Waals surface area contributed by atoms with Crippen LogP contribution in [0.5, 0.6) is 0 Å². The molecule has 21 heavy (non-hydrogen) atoms. The average molecular weight is 366 g/mol. The molecule has 1 aromatic carbocycles. The number of halogens is 1. The molecule has 0 aliphatic carbocycles. The molecule has 2 rings (SSSR count). The lowest BCUT2D eigenvalue weighted by atomic mass is 9.99. The van der Waals surface area contributed by atoms with Crippen LogP contribution in [-0.4, -0.2) is 12.6 Å². The zero-order valence-corrected chi connectivity index (χ0v) is 15.3. The first-order chi connectivity index (χ1) is 10.2. The lowest BCUT2D eigenvalue weighted by Gasteiger charge is -2.19. The molecule has 0 bridgehead atoms. The molecule has 0 aliphatic heterocycles. The van der Waals surface area contributed by atoms with E-state index < -0.39 is 0 Å². The van der Waals surface area contributed by atoms with Crippen molar-refractivity contribution in [2.24, 2.45) is 0 Å². The molecular weight excluding hydrogens is 342 g/mol. The number of benzene rings is 1. The number of hydrogen-bond acceptors (Lipinski definition) is 2. The number of nitrogens with one attached hydrogen (secondary N) is 1. The van der Waals surface area contributed by atoms with Crippen molar-refractivity contribution in [3.63, 3.8) is 0 Å². The van der Waals surface area contributed by atoms with Crippen molar-refractivity contribution < 1.29 is 0 Å². The van der Waals surface area contributed by atoms with Gasteiger partial charge in [0.2, 0.25) is 0 Å². The minimum Gasteiger partial charge on any atom is -0.314 e. The summed E-state index contributed by atoms with van der Waals surface area (Å²) in [5.41, 5.74) is 2.88. The van der Waals surface area contributed by atoms with Crippen LogP contribution in [0.15, 0.2) is 40.2 Å². The lowest BCUT2D eigenvalue weighted by Crippen LogP contribution is -2.32. The van der Waals surface area contributed by atoms with E-state index in [9.17, 15) is 0 Å². The van der Waals surface area contributed by atoms with Crippen molar-refractivity contribution in [3.8, 4) is 0 Å². The van der Waals surface area contributed by atoms with Gasteiger partial charge in [0, 0.05) is 15.4 Å². The van der Waals surface area contributed by atoms with E-state index in [1.54, 1.807) is 0 Å². The van der Waals surface area contributed by atoms with Gasteiger partial charge < -0.3 is 5.32 Å². The van der Waals surface area contributed by atoms with Crippen molar-refractivity contribution in [3.05, 3.63) is 56.2 Å². The van der Waals surface area contributed by atoms with Crippen molar-refractivity contribution >= 4 is 27.3 Å². The highest BCUT2D eigenvalue weighted by molar-refractivity contribution is 9.10. The van der Waals surface area contributed by atoms with Crippen LogP contribution in [0.4, 0.5) is 0 Å². The highest BCUT2D eigenvalue weighted by atomic mass is 79.9. The fourth-order valence-corrected chi connectivity index (χ4v) is 4.14. The van der Waals surface area contributed by atoms with Gasteiger partial charge in [-0.25, -0.2) is 0 Å². The Bertz CT molecular complexity index is 550. The highest BCUT2D eigenvalue weighted by Gasteiger charge is 2.12. The van der Waals surface area contributed by atoms with Crippen LogP contribution in [0.25, 0.3) is 0 Å². The predicted molar refractivity (Wildman–Crippen MR) is 97.3 cm³/mol. The minimum atomic E-state index is 0.555. The molecule has 3 heteroatoms. The van der Waals surface area contributed by atoms with Crippen molar-refractivity contribution in [1.29, 1.82) is 0 Å². The first-order valence-electron chi connectivity index (χ1n) is 7.70. The quantitative estimate of drug-likeness (QED) is 0.663. The predicted octanol–water partition coefficient (Wildman–Crippen LogP) is 5.36. The van der Waals surface area contributed by atoms with Gasteiger partial charge >= 0.3 is 0 Å². The third-order valence-electron chi connectivity index (χ3n) is 3.83. The third-order valence-corrected chi connectivity index (χ3v) is 5.78. The fraction of sp³-hybridized carbons (Fsp3) is 0.444. The van der Waals surface area contributed by atoms with Gasteiger partial charge in [-0.1, -0.05) is 31.2 Å². The molecule has 0 amide bonds. The van der Waals surface area contributed by atoms with Gasteiger partial charge in [-0.2, -0.15) is 0 Å². The molecule has 0 spiro atoms. The van der Waals surface area contributed by atoms with Gasteiger partial charge in [0.25, 0.3) is 0 Å². The van der Waals surface area contributed by atoms with E-state index in [4.69, 9.17) is 0 Å². The van der Waals surface area contributed by atoms with Gasteiger partial charge in [-0.05, 0) is 77.7 Å². The molecule has 1 atom stereocenters. The second kappa shape index (κ2) is 8.72. The van der Waals surface area contributed by atoms with Gasteiger partial charge in [0.15, 0.2) is 0 Å². The fourth-order valence-electron chi connectivity index (χ4n) is 2.54. The van der Waals surface area contributed by atoms with Crippen LogP contribution in [0.3, 0.4) is 0 Å². The Morgan fingerprint density at radius 1 is 1.24 bits per heavy atom. The molecule has 1 heterocycles. The summed E-state index contributed by atoms with van der Waals surface area (Å²) in [7, 11) is 0. The molecular formula is C18H24BrNS. The largest absolute Gasteiger partial charge is 0.314 e. The van der Waals surface area contributed by atoms with Crippen LogP contribution in [0.1, 0.15) is 35.8 Å². The lowest BCUT2D eigenvalue weighted by molar-refractivity contribution is 0.479. The summed E-state index contributed by atoms with van der Waals surface area (Å²) < 4.78 is 1.26. The van der Waals surface area contributed by atoms with E-state index >= 15 is 0 Å². The molecule has 0 radical (unpaired) electrons. The standard InChI is InChI=1S/C18H24BrNS/c1-3-11-20-16(13-18-17(19)10-12-21-18)9-8-15-7-5-4-6-14(15)2/h4-7,10,12,16,20H,3,8-9,11,13H2,1-2H3. The maximum Gasteiger partial charge on any atom is 0.0314 e. The van der Waals surface area contributed by atoms with Gasteiger partial charge in [-0.15, -0.1) is 11.3 Å². The van der Waals surface area contributed by atoms with E-state index in [1.807, 2.05) is 11.3 Å². The van der Waals surface area contributed by atoms with Crippen LogP contribution in [0.2, 0.25) is 0 Å². The monoisotopic (exact) mass is 365 g/mol. The Morgan fingerprint density at radius 3 is 2.71 bits per heavy atom. The number of thiophene rings is 1. The smallest absolute Gasteiger partial charge is 0.0314 e. The summed E-state index contributed by atoms with van der Waals surface area (Å²) in [6, 6.07) is 11.4. The maximum atomic E-state index is 3.71. The molecule has 0 aliphatic rings. The molecule has 0 saturated heterocycles. The molecule has 0 saturated carbocycles. The number of rotatable bonds is 8. The van der Waals surface area contributed by atoms with Gasteiger partial charge in [0.1, 0.15) is 0 Å². The summed E-state index contributed by atoms with van der Waals surface area (Å²) in [5.74, 6) is 0. The van der Waals surface area contributed by atoms with Crippen molar-refractivity contribution in [1.82, 2.24) is 5.32 Å². The Morgan fingerprint density at radius 2 is 2.05 bits per heavy atom. The van der Waals surface area contributed by atoms with Crippen LogP contribution in [-0.2, 0) is 12.8 Å². The normalized spacial score (nSPS) is 12.5. The first-order valence-corrected chi connectivity index (χ1v) is 9.37.